The van der Waals surface area contributed by atoms with Gasteiger partial charge in [0.1, 0.15) is 0 Å². The fourth-order valence-electron chi connectivity index (χ4n) is 2.18. The van der Waals surface area contributed by atoms with Crippen LogP contribution in [0.15, 0.2) is 11.4 Å². The molecule has 0 aliphatic heterocycles. The van der Waals surface area contributed by atoms with Crippen molar-refractivity contribution in [3.8, 4) is 0 Å². The number of alkyl halides is 2. The molecule has 1 aliphatic rings. The average molecular weight is 266 g/mol. The van der Waals surface area contributed by atoms with E-state index in [2.05, 4.69) is 0 Å². The van der Waals surface area contributed by atoms with E-state index in [4.69, 9.17) is 17.3 Å². The van der Waals surface area contributed by atoms with E-state index in [1.165, 1.54) is 11.3 Å². The lowest BCUT2D eigenvalue weighted by molar-refractivity contribution is -0.0482. The molecule has 1 aromatic rings. The molecule has 5 heteroatoms. The summed E-state index contributed by atoms with van der Waals surface area (Å²) in [5.74, 6) is -2.36. The van der Waals surface area contributed by atoms with Gasteiger partial charge in [-0.3, -0.25) is 0 Å². The van der Waals surface area contributed by atoms with Gasteiger partial charge in [0, 0.05) is 23.8 Å². The van der Waals surface area contributed by atoms with E-state index >= 15 is 0 Å². The van der Waals surface area contributed by atoms with Crippen molar-refractivity contribution in [2.24, 2.45) is 11.7 Å². The molecule has 1 heterocycles. The van der Waals surface area contributed by atoms with Gasteiger partial charge in [-0.2, -0.15) is 0 Å². The molecular formula is C11H14ClF2NS. The SMILES string of the molecule is NC(c1sccc1Cl)C1CCC(F)(F)CC1. The van der Waals surface area contributed by atoms with E-state index < -0.39 is 5.92 Å². The first-order chi connectivity index (χ1) is 7.49. The van der Waals surface area contributed by atoms with Gasteiger partial charge in [0.2, 0.25) is 5.92 Å². The van der Waals surface area contributed by atoms with Crippen LogP contribution in [0.25, 0.3) is 0 Å². The number of rotatable bonds is 2. The Kier molecular flexibility index (Phi) is 3.52. The average Bonchev–Trinajstić information content (AvgIpc) is 2.63. The Morgan fingerprint density at radius 2 is 2.06 bits per heavy atom. The van der Waals surface area contributed by atoms with Crippen LogP contribution in [-0.2, 0) is 0 Å². The Labute approximate surface area is 103 Å². The Morgan fingerprint density at radius 1 is 1.44 bits per heavy atom. The first-order valence-electron chi connectivity index (χ1n) is 5.36. The summed E-state index contributed by atoms with van der Waals surface area (Å²) in [5.41, 5.74) is 6.08. The van der Waals surface area contributed by atoms with E-state index in [0.717, 1.165) is 4.88 Å². The van der Waals surface area contributed by atoms with Crippen LogP contribution in [0, 0.1) is 5.92 Å². The highest BCUT2D eigenvalue weighted by Gasteiger charge is 2.37. The second-order valence-corrected chi connectivity index (χ2v) is 5.71. The summed E-state index contributed by atoms with van der Waals surface area (Å²) >= 11 is 7.50. The summed E-state index contributed by atoms with van der Waals surface area (Å²) in [6, 6.07) is 1.61. The van der Waals surface area contributed by atoms with Crippen LogP contribution < -0.4 is 5.73 Å². The molecule has 1 aromatic heterocycles. The monoisotopic (exact) mass is 265 g/mol. The maximum atomic E-state index is 13.0. The third-order valence-corrected chi connectivity index (χ3v) is 4.68. The normalized spacial score (nSPS) is 23.2. The van der Waals surface area contributed by atoms with Crippen LogP contribution in [-0.4, -0.2) is 5.92 Å². The van der Waals surface area contributed by atoms with Gasteiger partial charge in [0.05, 0.1) is 5.02 Å². The van der Waals surface area contributed by atoms with Crippen LogP contribution in [0.5, 0.6) is 0 Å². The molecule has 1 fully saturated rings. The lowest BCUT2D eigenvalue weighted by Crippen LogP contribution is -2.30. The molecule has 0 bridgehead atoms. The highest BCUT2D eigenvalue weighted by atomic mass is 35.5. The number of hydrogen-bond acceptors (Lipinski definition) is 2. The minimum Gasteiger partial charge on any atom is -0.323 e. The third-order valence-electron chi connectivity index (χ3n) is 3.22. The maximum absolute atomic E-state index is 13.0. The van der Waals surface area contributed by atoms with Crippen molar-refractivity contribution < 1.29 is 8.78 Å². The minimum atomic E-state index is -2.49. The number of nitrogens with two attached hydrogens (primary N) is 1. The Balaban J connectivity index is 2.02. The van der Waals surface area contributed by atoms with E-state index in [0.29, 0.717) is 17.9 Å². The smallest absolute Gasteiger partial charge is 0.248 e. The van der Waals surface area contributed by atoms with Crippen molar-refractivity contribution in [3.63, 3.8) is 0 Å². The number of hydrogen-bond donors (Lipinski definition) is 1. The summed E-state index contributed by atoms with van der Waals surface area (Å²) < 4.78 is 26.0. The van der Waals surface area contributed by atoms with E-state index in [1.54, 1.807) is 6.07 Å². The van der Waals surface area contributed by atoms with Crippen LogP contribution in [0.1, 0.15) is 36.6 Å². The van der Waals surface area contributed by atoms with Crippen LogP contribution in [0.4, 0.5) is 8.78 Å². The molecule has 0 saturated heterocycles. The van der Waals surface area contributed by atoms with Crippen molar-refractivity contribution in [3.05, 3.63) is 21.3 Å². The van der Waals surface area contributed by atoms with E-state index in [1.807, 2.05) is 5.38 Å². The molecule has 1 unspecified atom stereocenters. The van der Waals surface area contributed by atoms with Crippen molar-refractivity contribution >= 4 is 22.9 Å². The molecule has 2 N–H and O–H groups in total. The fourth-order valence-corrected chi connectivity index (χ4v) is 3.46. The standard InChI is InChI=1S/C11H14ClF2NS/c12-8-3-6-16-10(8)9(15)7-1-4-11(13,14)5-2-7/h3,6-7,9H,1-2,4-5,15H2. The van der Waals surface area contributed by atoms with Gasteiger partial charge < -0.3 is 5.73 Å². The lowest BCUT2D eigenvalue weighted by atomic mass is 9.82. The summed E-state index contributed by atoms with van der Waals surface area (Å²) in [4.78, 5) is 0.928. The molecule has 1 nitrogen and oxygen atoms in total. The molecule has 1 atom stereocenters. The van der Waals surface area contributed by atoms with E-state index in [-0.39, 0.29) is 24.8 Å². The van der Waals surface area contributed by atoms with Crippen molar-refractivity contribution in [1.29, 1.82) is 0 Å². The van der Waals surface area contributed by atoms with Gasteiger partial charge >= 0.3 is 0 Å². The highest BCUT2D eigenvalue weighted by molar-refractivity contribution is 7.10. The summed E-state index contributed by atoms with van der Waals surface area (Å²) in [7, 11) is 0. The molecule has 0 aromatic carbocycles. The van der Waals surface area contributed by atoms with Crippen molar-refractivity contribution in [2.45, 2.75) is 37.6 Å². The zero-order chi connectivity index (χ0) is 11.8. The van der Waals surface area contributed by atoms with Gasteiger partial charge in [-0.25, -0.2) is 8.78 Å². The van der Waals surface area contributed by atoms with E-state index in [9.17, 15) is 8.78 Å². The number of halogens is 3. The van der Waals surface area contributed by atoms with Crippen molar-refractivity contribution in [2.75, 3.05) is 0 Å². The van der Waals surface area contributed by atoms with Gasteiger partial charge in [0.25, 0.3) is 0 Å². The lowest BCUT2D eigenvalue weighted by Gasteiger charge is -2.31. The molecule has 16 heavy (non-hydrogen) atoms. The Hall–Kier alpha value is -0.190. The Morgan fingerprint density at radius 3 is 2.56 bits per heavy atom. The van der Waals surface area contributed by atoms with Crippen molar-refractivity contribution in [1.82, 2.24) is 0 Å². The molecule has 0 radical (unpaired) electrons. The first kappa shape index (κ1) is 12.3. The molecule has 1 aliphatic carbocycles. The predicted octanol–water partition coefficient (Wildman–Crippen LogP) is 4.23. The topological polar surface area (TPSA) is 26.0 Å². The summed E-state index contributed by atoms with van der Waals surface area (Å²) in [5, 5.41) is 2.55. The predicted molar refractivity (Wildman–Crippen MR) is 63.2 cm³/mol. The zero-order valence-electron chi connectivity index (χ0n) is 8.76. The summed E-state index contributed by atoms with van der Waals surface area (Å²) in [6.45, 7) is 0. The second-order valence-electron chi connectivity index (χ2n) is 4.35. The van der Waals surface area contributed by atoms with Crippen LogP contribution in [0.3, 0.4) is 0 Å². The second kappa shape index (κ2) is 4.59. The molecular weight excluding hydrogens is 252 g/mol. The fraction of sp³-hybridized carbons (Fsp3) is 0.636. The number of thiophene rings is 1. The zero-order valence-corrected chi connectivity index (χ0v) is 10.3. The highest BCUT2D eigenvalue weighted by Crippen LogP contribution is 2.42. The molecule has 0 spiro atoms. The largest absolute Gasteiger partial charge is 0.323 e. The Bertz CT molecular complexity index is 357. The first-order valence-corrected chi connectivity index (χ1v) is 6.62. The molecule has 1 saturated carbocycles. The van der Waals surface area contributed by atoms with Gasteiger partial charge in [-0.05, 0) is 30.2 Å². The summed E-state index contributed by atoms with van der Waals surface area (Å²) in [6.07, 6.45) is 0.882. The third kappa shape index (κ3) is 2.55. The molecule has 2 rings (SSSR count). The molecule has 90 valence electrons. The quantitative estimate of drug-likeness (QED) is 0.851. The van der Waals surface area contributed by atoms with Crippen LogP contribution >= 0.6 is 22.9 Å². The van der Waals surface area contributed by atoms with Crippen LogP contribution in [0.2, 0.25) is 5.02 Å². The minimum absolute atomic E-state index is 0.0473. The van der Waals surface area contributed by atoms with Gasteiger partial charge in [-0.1, -0.05) is 11.6 Å². The molecule has 0 amide bonds. The van der Waals surface area contributed by atoms with Gasteiger partial charge in [0.15, 0.2) is 0 Å². The maximum Gasteiger partial charge on any atom is 0.248 e. The van der Waals surface area contributed by atoms with Gasteiger partial charge in [-0.15, -0.1) is 11.3 Å².